The predicted octanol–water partition coefficient (Wildman–Crippen LogP) is 3.49. The largest absolute Gasteiger partial charge is 0.394 e. The quantitative estimate of drug-likeness (QED) is 0.542. The summed E-state index contributed by atoms with van der Waals surface area (Å²) >= 11 is 0. The van der Waals surface area contributed by atoms with Crippen molar-refractivity contribution in [1.82, 2.24) is 0 Å². The Hall–Kier alpha value is -0.160. The van der Waals surface area contributed by atoms with Crippen LogP contribution < -0.4 is 0 Å². The highest BCUT2D eigenvalue weighted by Gasteiger charge is 2.30. The molecule has 0 bridgehead atoms. The maximum absolute atomic E-state index is 9.58. The molecule has 0 aromatic carbocycles. The van der Waals surface area contributed by atoms with Gasteiger partial charge in [-0.2, -0.15) is 0 Å². The summed E-state index contributed by atoms with van der Waals surface area (Å²) in [6.07, 6.45) is 3.58. The van der Waals surface area contributed by atoms with Gasteiger partial charge in [0.05, 0.1) is 24.9 Å². The molecule has 4 heteroatoms. The highest BCUT2D eigenvalue weighted by Crippen LogP contribution is 2.32. The molecule has 0 amide bonds. The van der Waals surface area contributed by atoms with Gasteiger partial charge in [0, 0.05) is 0 Å². The van der Waals surface area contributed by atoms with Gasteiger partial charge in [0.25, 0.3) is 0 Å². The molecule has 0 aromatic rings. The Morgan fingerprint density at radius 1 is 0.857 bits per heavy atom. The fourth-order valence-electron chi connectivity index (χ4n) is 2.30. The van der Waals surface area contributed by atoms with E-state index in [1.165, 1.54) is 0 Å². The zero-order valence-electron chi connectivity index (χ0n) is 14.8. The minimum atomic E-state index is -0.676. The monoisotopic (exact) mass is 304 g/mol. The van der Waals surface area contributed by atoms with Gasteiger partial charge in [-0.3, -0.25) is 0 Å². The first-order valence-corrected chi connectivity index (χ1v) is 8.36. The van der Waals surface area contributed by atoms with Crippen molar-refractivity contribution in [2.45, 2.75) is 91.6 Å². The van der Waals surface area contributed by atoms with E-state index in [9.17, 15) is 10.2 Å². The molecule has 0 saturated heterocycles. The van der Waals surface area contributed by atoms with Crippen LogP contribution in [-0.2, 0) is 9.47 Å². The molecule has 0 aliphatic heterocycles. The van der Waals surface area contributed by atoms with Crippen LogP contribution >= 0.6 is 0 Å². The smallest absolute Gasteiger partial charge is 0.181 e. The number of hydrogen-bond donors (Lipinski definition) is 2. The molecule has 2 atom stereocenters. The third-order valence-corrected chi connectivity index (χ3v) is 5.04. The minimum Gasteiger partial charge on any atom is -0.394 e. The summed E-state index contributed by atoms with van der Waals surface area (Å²) in [6.45, 7) is 12.4. The average molecular weight is 304 g/mol. The SMILES string of the molecule is CCC(C)(CC)CC(CO)OC(CO)OC(C)(CC)CC. The molecule has 2 N–H and O–H groups in total. The van der Waals surface area contributed by atoms with E-state index in [1.807, 2.05) is 6.92 Å². The van der Waals surface area contributed by atoms with Crippen LogP contribution in [0.3, 0.4) is 0 Å². The minimum absolute atomic E-state index is 0.0512. The first-order chi connectivity index (χ1) is 9.81. The average Bonchev–Trinajstić information content (AvgIpc) is 2.52. The molecule has 0 aliphatic carbocycles. The zero-order valence-corrected chi connectivity index (χ0v) is 14.8. The van der Waals surface area contributed by atoms with Gasteiger partial charge in [-0.25, -0.2) is 0 Å². The summed E-state index contributed by atoms with van der Waals surface area (Å²) in [5.41, 5.74) is -0.154. The third-order valence-electron chi connectivity index (χ3n) is 5.04. The topological polar surface area (TPSA) is 58.9 Å². The van der Waals surface area contributed by atoms with Crippen molar-refractivity contribution in [3.05, 3.63) is 0 Å². The lowest BCUT2D eigenvalue weighted by molar-refractivity contribution is -0.246. The first kappa shape index (κ1) is 20.8. The molecule has 2 unspecified atom stereocenters. The van der Waals surface area contributed by atoms with Crippen LogP contribution in [0.1, 0.15) is 73.6 Å². The van der Waals surface area contributed by atoms with E-state index >= 15 is 0 Å². The van der Waals surface area contributed by atoms with Crippen molar-refractivity contribution in [3.63, 3.8) is 0 Å². The number of rotatable bonds is 12. The van der Waals surface area contributed by atoms with Crippen molar-refractivity contribution in [2.24, 2.45) is 5.41 Å². The van der Waals surface area contributed by atoms with Crippen LogP contribution in [0, 0.1) is 5.41 Å². The van der Waals surface area contributed by atoms with Crippen LogP contribution in [0.15, 0.2) is 0 Å². The van der Waals surface area contributed by atoms with E-state index in [1.54, 1.807) is 0 Å². The Bertz CT molecular complexity index is 234. The van der Waals surface area contributed by atoms with Gasteiger partial charge in [0.15, 0.2) is 6.29 Å². The molecule has 0 aromatic heterocycles. The molecule has 0 aliphatic rings. The van der Waals surface area contributed by atoms with Crippen molar-refractivity contribution in [1.29, 1.82) is 0 Å². The summed E-state index contributed by atoms with van der Waals surface area (Å²) in [6, 6.07) is 0. The van der Waals surface area contributed by atoms with Crippen molar-refractivity contribution in [3.8, 4) is 0 Å². The normalized spacial score (nSPS) is 16.0. The van der Waals surface area contributed by atoms with E-state index < -0.39 is 6.29 Å². The summed E-state index contributed by atoms with van der Waals surface area (Å²) in [5.74, 6) is 0. The molecule has 128 valence electrons. The van der Waals surface area contributed by atoms with Crippen LogP contribution in [0.2, 0.25) is 0 Å². The molecule has 0 spiro atoms. The van der Waals surface area contributed by atoms with Crippen LogP contribution in [-0.4, -0.2) is 41.4 Å². The Balaban J connectivity index is 4.69. The standard InChI is InChI=1S/C17H36O4/c1-7-16(5,8-2)11-14(12-18)20-15(13-19)21-17(6,9-3)10-4/h14-15,18-19H,7-13H2,1-6H3. The Morgan fingerprint density at radius 2 is 1.38 bits per heavy atom. The second-order valence-electron chi connectivity index (χ2n) is 6.55. The third kappa shape index (κ3) is 7.09. The molecule has 0 radical (unpaired) electrons. The summed E-state index contributed by atoms with van der Waals surface area (Å²) in [7, 11) is 0. The van der Waals surface area contributed by atoms with Crippen LogP contribution in [0.5, 0.6) is 0 Å². The summed E-state index contributed by atoms with van der Waals surface area (Å²) < 4.78 is 11.7. The molecule has 0 fully saturated rings. The number of aliphatic hydroxyl groups excluding tert-OH is 2. The Kier molecular flexibility index (Phi) is 9.70. The predicted molar refractivity (Wildman–Crippen MR) is 86.2 cm³/mol. The summed E-state index contributed by atoms with van der Waals surface area (Å²) in [4.78, 5) is 0. The fraction of sp³-hybridized carbons (Fsp3) is 1.00. The summed E-state index contributed by atoms with van der Waals surface area (Å²) in [5, 5.41) is 19.1. The molecule has 21 heavy (non-hydrogen) atoms. The van der Waals surface area contributed by atoms with Gasteiger partial charge in [0.2, 0.25) is 0 Å². The van der Waals surface area contributed by atoms with Crippen molar-refractivity contribution < 1.29 is 19.7 Å². The van der Waals surface area contributed by atoms with Gasteiger partial charge in [-0.1, -0.05) is 47.5 Å². The van der Waals surface area contributed by atoms with Gasteiger partial charge in [0.1, 0.15) is 0 Å². The maximum atomic E-state index is 9.58. The van der Waals surface area contributed by atoms with Crippen LogP contribution in [0.25, 0.3) is 0 Å². The molecule has 4 nitrogen and oxygen atoms in total. The number of ether oxygens (including phenoxy) is 2. The first-order valence-electron chi connectivity index (χ1n) is 8.36. The van der Waals surface area contributed by atoms with Crippen molar-refractivity contribution >= 4 is 0 Å². The van der Waals surface area contributed by atoms with E-state index in [0.717, 1.165) is 32.1 Å². The number of hydrogen-bond acceptors (Lipinski definition) is 4. The van der Waals surface area contributed by atoms with Crippen molar-refractivity contribution in [2.75, 3.05) is 13.2 Å². The van der Waals surface area contributed by atoms with E-state index in [2.05, 4.69) is 34.6 Å². The van der Waals surface area contributed by atoms with E-state index in [0.29, 0.717) is 0 Å². The highest BCUT2D eigenvalue weighted by molar-refractivity contribution is 4.77. The van der Waals surface area contributed by atoms with Gasteiger partial charge >= 0.3 is 0 Å². The van der Waals surface area contributed by atoms with Crippen LogP contribution in [0.4, 0.5) is 0 Å². The second kappa shape index (κ2) is 9.78. The molecular formula is C17H36O4. The lowest BCUT2D eigenvalue weighted by Crippen LogP contribution is -2.40. The Labute approximate surface area is 130 Å². The lowest BCUT2D eigenvalue weighted by atomic mass is 9.79. The van der Waals surface area contributed by atoms with Gasteiger partial charge in [-0.05, 0) is 31.6 Å². The zero-order chi connectivity index (χ0) is 16.5. The molecular weight excluding hydrogens is 268 g/mol. The van der Waals surface area contributed by atoms with Gasteiger partial charge < -0.3 is 19.7 Å². The lowest BCUT2D eigenvalue weighted by Gasteiger charge is -2.35. The fourth-order valence-corrected chi connectivity index (χ4v) is 2.30. The number of aliphatic hydroxyl groups is 2. The maximum Gasteiger partial charge on any atom is 0.181 e. The Morgan fingerprint density at radius 3 is 1.71 bits per heavy atom. The molecule has 0 rings (SSSR count). The van der Waals surface area contributed by atoms with Gasteiger partial charge in [-0.15, -0.1) is 0 Å². The highest BCUT2D eigenvalue weighted by atomic mass is 16.7. The molecule has 0 saturated carbocycles. The molecule has 0 heterocycles. The van der Waals surface area contributed by atoms with E-state index in [4.69, 9.17) is 9.47 Å². The second-order valence-corrected chi connectivity index (χ2v) is 6.55. The van der Waals surface area contributed by atoms with E-state index in [-0.39, 0.29) is 30.3 Å².